The lowest BCUT2D eigenvalue weighted by atomic mass is 9.81. The van der Waals surface area contributed by atoms with Gasteiger partial charge in [0.25, 0.3) is 0 Å². The van der Waals surface area contributed by atoms with Crippen molar-refractivity contribution in [2.24, 2.45) is 11.8 Å². The van der Waals surface area contributed by atoms with E-state index in [0.717, 1.165) is 36.8 Å². The molecular formula is C34H52N6O6. The second kappa shape index (κ2) is 16.4. The molecule has 0 spiro atoms. The lowest BCUT2D eigenvalue weighted by Gasteiger charge is -2.34. The van der Waals surface area contributed by atoms with E-state index >= 15 is 0 Å². The van der Waals surface area contributed by atoms with Crippen molar-refractivity contribution in [3.05, 3.63) is 59.7 Å². The molecule has 1 aliphatic heterocycles. The normalized spacial score (nSPS) is 25.8. The van der Waals surface area contributed by atoms with Crippen LogP contribution in [0.5, 0.6) is 0 Å². The fourth-order valence-corrected chi connectivity index (χ4v) is 7.30. The Bertz CT molecular complexity index is 1220. The summed E-state index contributed by atoms with van der Waals surface area (Å²) >= 11 is 0. The standard InChI is InChI=1S/C34H52N6O6/c1-3-23(18-37-39-33(44)36-17-21-12-14-22(15-13-21)31(42)35-2)38-32(43)30-16-24(41)19-40(30)34(45)46-20-29-27-10-6-4-8-25(27)26-9-5-7-11-28(26)29/h4-11,21-24,29-32,34-35,37-38,41-43,45H,3,12-20H2,1-2H3,(H2,36,39,44)/t21?,22?,23-,24-,30-,31?,32?,34?/m0/s1. The zero-order chi connectivity index (χ0) is 32.6. The second-order valence-electron chi connectivity index (χ2n) is 13.0. The maximum Gasteiger partial charge on any atom is 0.329 e. The minimum absolute atomic E-state index is 0.0243. The van der Waals surface area contributed by atoms with Crippen LogP contribution in [0.25, 0.3) is 11.1 Å². The molecule has 2 amide bonds. The molecule has 2 aromatic rings. The molecule has 1 saturated carbocycles. The number of aliphatic hydroxyl groups excluding tert-OH is 4. The van der Waals surface area contributed by atoms with Gasteiger partial charge < -0.3 is 30.5 Å². The van der Waals surface area contributed by atoms with Crippen molar-refractivity contribution in [3.8, 4) is 11.1 Å². The molecule has 0 aromatic heterocycles. The zero-order valence-corrected chi connectivity index (χ0v) is 26.9. The van der Waals surface area contributed by atoms with Crippen LogP contribution >= 0.6 is 0 Å². The lowest BCUT2D eigenvalue weighted by molar-refractivity contribution is -0.209. The van der Waals surface area contributed by atoms with Gasteiger partial charge in [0.05, 0.1) is 18.8 Å². The molecule has 46 heavy (non-hydrogen) atoms. The molecule has 1 heterocycles. The number of nitrogens with zero attached hydrogens (tertiary/aromatic N) is 1. The van der Waals surface area contributed by atoms with E-state index < -0.39 is 31.0 Å². The Hall–Kier alpha value is -2.65. The molecule has 3 unspecified atom stereocenters. The van der Waals surface area contributed by atoms with E-state index in [1.54, 1.807) is 11.9 Å². The Morgan fingerprint density at radius 2 is 1.63 bits per heavy atom. The van der Waals surface area contributed by atoms with Crippen molar-refractivity contribution >= 4 is 6.03 Å². The van der Waals surface area contributed by atoms with Gasteiger partial charge in [0.1, 0.15) is 12.5 Å². The summed E-state index contributed by atoms with van der Waals surface area (Å²) < 4.78 is 6.01. The first-order valence-electron chi connectivity index (χ1n) is 16.8. The number of hydrazine groups is 1. The highest BCUT2D eigenvalue weighted by Gasteiger charge is 2.41. The number of carbonyl (C=O) groups is 1. The summed E-state index contributed by atoms with van der Waals surface area (Å²) in [6.45, 7) is 3.35. The Labute approximate surface area is 271 Å². The molecule has 2 fully saturated rings. The Balaban J connectivity index is 1.05. The van der Waals surface area contributed by atoms with Crippen LogP contribution in [0.15, 0.2) is 48.5 Å². The fraction of sp³-hybridized carbons (Fsp3) is 0.618. The van der Waals surface area contributed by atoms with Crippen LogP contribution < -0.4 is 26.8 Å². The fourth-order valence-electron chi connectivity index (χ4n) is 7.30. The van der Waals surface area contributed by atoms with E-state index in [1.165, 1.54) is 11.1 Å². The summed E-state index contributed by atoms with van der Waals surface area (Å²) in [5, 5.41) is 51.7. The highest BCUT2D eigenvalue weighted by molar-refractivity contribution is 5.78. The van der Waals surface area contributed by atoms with Gasteiger partial charge in [-0.25, -0.2) is 15.1 Å². The van der Waals surface area contributed by atoms with Crippen molar-refractivity contribution in [2.75, 3.05) is 33.3 Å². The highest BCUT2D eigenvalue weighted by atomic mass is 16.6. The van der Waals surface area contributed by atoms with Crippen molar-refractivity contribution in [1.29, 1.82) is 0 Å². The monoisotopic (exact) mass is 640 g/mol. The number of nitrogens with one attached hydrogen (secondary N) is 5. The number of ether oxygens (including phenoxy) is 1. The number of fused-ring (bicyclic) bond motifs is 3. The quantitative estimate of drug-likeness (QED) is 0.102. The van der Waals surface area contributed by atoms with Gasteiger partial charge >= 0.3 is 6.03 Å². The molecule has 12 nitrogen and oxygen atoms in total. The van der Waals surface area contributed by atoms with Crippen LogP contribution in [-0.4, -0.2) is 102 Å². The minimum atomic E-state index is -1.30. The molecule has 12 heteroatoms. The van der Waals surface area contributed by atoms with E-state index in [9.17, 15) is 25.2 Å². The second-order valence-corrected chi connectivity index (χ2v) is 13.0. The zero-order valence-electron chi connectivity index (χ0n) is 26.9. The Morgan fingerprint density at radius 1 is 0.978 bits per heavy atom. The number of amides is 2. The molecule has 0 bridgehead atoms. The number of hydrogen-bond donors (Lipinski definition) is 9. The lowest BCUT2D eigenvalue weighted by Crippen LogP contribution is -2.56. The molecule has 6 atom stereocenters. The van der Waals surface area contributed by atoms with Crippen LogP contribution in [0, 0.1) is 11.8 Å². The highest BCUT2D eigenvalue weighted by Crippen LogP contribution is 2.44. The van der Waals surface area contributed by atoms with E-state index in [2.05, 4.69) is 51.1 Å². The average molecular weight is 641 g/mol. The van der Waals surface area contributed by atoms with E-state index in [0.29, 0.717) is 25.4 Å². The third kappa shape index (κ3) is 8.43. The molecule has 9 N–H and O–H groups in total. The Kier molecular flexibility index (Phi) is 12.4. The predicted molar refractivity (Wildman–Crippen MR) is 175 cm³/mol. The van der Waals surface area contributed by atoms with Crippen LogP contribution in [0.4, 0.5) is 4.79 Å². The van der Waals surface area contributed by atoms with Crippen LogP contribution in [0.1, 0.15) is 62.5 Å². The maximum absolute atomic E-state index is 12.4. The van der Waals surface area contributed by atoms with E-state index in [4.69, 9.17) is 4.74 Å². The molecule has 1 saturated heterocycles. The number of carbonyl (C=O) groups excluding carboxylic acids is 1. The van der Waals surface area contributed by atoms with Crippen molar-refractivity contribution in [2.45, 2.75) is 88.4 Å². The summed E-state index contributed by atoms with van der Waals surface area (Å²) in [6.07, 6.45) is 1.22. The number of β-amino-alcohol motifs (C(OH)–C–C–N with tert-alkyl or cyclic N) is 1. The van der Waals surface area contributed by atoms with E-state index in [1.807, 2.05) is 31.2 Å². The third-order valence-corrected chi connectivity index (χ3v) is 10.0. The number of hydrogen-bond acceptors (Lipinski definition) is 10. The van der Waals surface area contributed by atoms with Crippen molar-refractivity contribution < 1.29 is 30.0 Å². The topological polar surface area (TPSA) is 171 Å². The molecule has 2 aromatic carbocycles. The molecule has 0 radical (unpaired) electrons. The maximum atomic E-state index is 12.4. The SMILES string of the molecule is CC[C@@H](CNNC(=O)NCC1CCC(C(O)NC)CC1)NC(O)[C@@H]1C[C@H](O)CN1C(O)OCC1c2ccccc2-c2ccccc21. The largest absolute Gasteiger partial charge is 0.392 e. The number of urea groups is 1. The van der Waals surface area contributed by atoms with Gasteiger partial charge in [0.2, 0.25) is 6.41 Å². The van der Waals surface area contributed by atoms with Crippen LogP contribution in [0.3, 0.4) is 0 Å². The first kappa shape index (κ1) is 34.7. The van der Waals surface area contributed by atoms with E-state index in [-0.39, 0.29) is 43.5 Å². The molecule has 254 valence electrons. The minimum Gasteiger partial charge on any atom is -0.392 e. The molecule has 5 rings (SSSR count). The van der Waals surface area contributed by atoms with Crippen molar-refractivity contribution in [1.82, 2.24) is 31.7 Å². The van der Waals surface area contributed by atoms with Gasteiger partial charge in [-0.1, -0.05) is 55.5 Å². The van der Waals surface area contributed by atoms with Crippen molar-refractivity contribution in [3.63, 3.8) is 0 Å². The average Bonchev–Trinajstić information content (AvgIpc) is 3.63. The summed E-state index contributed by atoms with van der Waals surface area (Å²) in [5.41, 5.74) is 10.3. The summed E-state index contributed by atoms with van der Waals surface area (Å²) in [4.78, 5) is 14.0. The van der Waals surface area contributed by atoms with Gasteiger partial charge in [-0.15, -0.1) is 0 Å². The number of rotatable bonds is 15. The molecule has 2 aliphatic carbocycles. The molecule has 3 aliphatic rings. The van der Waals surface area contributed by atoms with Gasteiger partial charge in [-0.3, -0.25) is 16.1 Å². The Morgan fingerprint density at radius 3 is 2.26 bits per heavy atom. The number of likely N-dealkylation sites (tertiary alicyclic amines) is 1. The predicted octanol–water partition coefficient (Wildman–Crippen LogP) is 1.36. The molecular weight excluding hydrogens is 588 g/mol. The van der Waals surface area contributed by atoms with Crippen LogP contribution in [0.2, 0.25) is 0 Å². The summed E-state index contributed by atoms with van der Waals surface area (Å²) in [6, 6.07) is 15.4. The first-order valence-corrected chi connectivity index (χ1v) is 16.8. The number of benzene rings is 2. The first-order chi connectivity index (χ1) is 22.3. The van der Waals surface area contributed by atoms with Gasteiger partial charge in [0, 0.05) is 31.6 Å². The third-order valence-electron chi connectivity index (χ3n) is 10.0. The summed E-state index contributed by atoms with van der Waals surface area (Å²) in [5.74, 6) is 0.623. The smallest absolute Gasteiger partial charge is 0.329 e. The summed E-state index contributed by atoms with van der Waals surface area (Å²) in [7, 11) is 1.76. The van der Waals surface area contributed by atoms with Gasteiger partial charge in [-0.05, 0) is 79.7 Å². The van der Waals surface area contributed by atoms with Gasteiger partial charge in [0.15, 0.2) is 0 Å². The van der Waals surface area contributed by atoms with Crippen LogP contribution in [-0.2, 0) is 4.74 Å². The van der Waals surface area contributed by atoms with Gasteiger partial charge in [-0.2, -0.15) is 0 Å². The number of aliphatic hydroxyl groups is 4.